The van der Waals surface area contributed by atoms with Crippen molar-refractivity contribution in [3.8, 4) is 0 Å². The van der Waals surface area contributed by atoms with Crippen LogP contribution in [0.25, 0.3) is 11.2 Å². The summed E-state index contributed by atoms with van der Waals surface area (Å²) in [7, 11) is 0.130. The number of hydrogen-bond donors (Lipinski definition) is 1. The van der Waals surface area contributed by atoms with Gasteiger partial charge in [0.05, 0.1) is 24.7 Å². The maximum atomic E-state index is 5.79. The number of imidazole rings is 1. The molecule has 1 aromatic carbocycles. The van der Waals surface area contributed by atoms with Crippen LogP contribution >= 0.6 is 8.81 Å². The third-order valence-electron chi connectivity index (χ3n) is 3.75. The van der Waals surface area contributed by atoms with Crippen molar-refractivity contribution in [2.75, 3.05) is 12.1 Å². The predicted molar refractivity (Wildman–Crippen MR) is 103 cm³/mol. The van der Waals surface area contributed by atoms with Gasteiger partial charge in [0.25, 0.3) is 0 Å². The van der Waals surface area contributed by atoms with Crippen molar-refractivity contribution in [1.82, 2.24) is 19.5 Å². The molecular formula is C17H21N6O2P. The summed E-state index contributed by atoms with van der Waals surface area (Å²) in [6, 6.07) is 9.91. The summed E-state index contributed by atoms with van der Waals surface area (Å²) >= 11 is 0. The average Bonchev–Trinajstić information content (AvgIpc) is 3.06. The highest BCUT2D eigenvalue weighted by molar-refractivity contribution is 7.31. The van der Waals surface area contributed by atoms with Gasteiger partial charge >= 0.3 is 0 Å². The van der Waals surface area contributed by atoms with E-state index in [0.717, 1.165) is 11.3 Å². The highest BCUT2D eigenvalue weighted by Gasteiger charge is 2.11. The third-order valence-corrected chi connectivity index (χ3v) is 4.25. The summed E-state index contributed by atoms with van der Waals surface area (Å²) in [5.41, 5.74) is 8.99. The molecule has 0 saturated carbocycles. The van der Waals surface area contributed by atoms with Gasteiger partial charge in [0.15, 0.2) is 11.5 Å². The maximum absolute atomic E-state index is 5.79. The Labute approximate surface area is 153 Å². The number of fused-ring (bicyclic) bond motifs is 1. The van der Waals surface area contributed by atoms with Crippen LogP contribution in [0.1, 0.15) is 19.4 Å². The van der Waals surface area contributed by atoms with Crippen LogP contribution in [0, 0.1) is 0 Å². The van der Waals surface area contributed by atoms with Gasteiger partial charge in [0.2, 0.25) is 0 Å². The lowest BCUT2D eigenvalue weighted by molar-refractivity contribution is 0.0863. The Morgan fingerprint density at radius 2 is 2.08 bits per heavy atom. The quantitative estimate of drug-likeness (QED) is 0.282. The summed E-state index contributed by atoms with van der Waals surface area (Å²) < 4.78 is 13.0. The molecule has 0 aliphatic heterocycles. The number of ether oxygens (including phenoxy) is 1. The van der Waals surface area contributed by atoms with Crippen LogP contribution in [0.5, 0.6) is 0 Å². The standard InChI is InChI=1S/C17H21N6O2P/c1-12(8-23-10-21-15-16(18)19-9-20-17(15)23)24-11-26-25-22-13(2)14-6-4-3-5-7-14/h3-7,9-10,12,26H,8,11H2,1-2H3,(H2,18,19,20)/b22-13+/t12-/m1/s1. The molecule has 3 aromatic rings. The van der Waals surface area contributed by atoms with Crippen LogP contribution in [0.4, 0.5) is 5.82 Å². The summed E-state index contributed by atoms with van der Waals surface area (Å²) in [4.78, 5) is 12.4. The van der Waals surface area contributed by atoms with Crippen LogP contribution < -0.4 is 5.73 Å². The van der Waals surface area contributed by atoms with E-state index in [9.17, 15) is 0 Å². The van der Waals surface area contributed by atoms with Gasteiger partial charge in [-0.1, -0.05) is 35.5 Å². The Morgan fingerprint density at radius 1 is 1.27 bits per heavy atom. The van der Waals surface area contributed by atoms with Gasteiger partial charge in [-0.3, -0.25) is 0 Å². The molecule has 2 atom stereocenters. The molecule has 136 valence electrons. The van der Waals surface area contributed by atoms with E-state index in [1.165, 1.54) is 6.33 Å². The SMILES string of the molecule is C/C(=N\OPCO[C@H](C)Cn1cnc2c(N)ncnc21)c1ccccc1. The van der Waals surface area contributed by atoms with Crippen molar-refractivity contribution >= 4 is 31.5 Å². The molecule has 0 saturated heterocycles. The van der Waals surface area contributed by atoms with E-state index in [1.54, 1.807) is 6.33 Å². The molecule has 2 N–H and O–H groups in total. The van der Waals surface area contributed by atoms with Gasteiger partial charge in [-0.25, -0.2) is 15.0 Å². The van der Waals surface area contributed by atoms with E-state index in [1.807, 2.05) is 48.7 Å². The number of aromatic nitrogens is 4. The second-order valence-corrected chi connectivity index (χ2v) is 6.49. The molecule has 2 heterocycles. The monoisotopic (exact) mass is 372 g/mol. The van der Waals surface area contributed by atoms with Crippen LogP contribution in [0.15, 0.2) is 48.1 Å². The lowest BCUT2D eigenvalue weighted by Gasteiger charge is -2.13. The molecule has 3 rings (SSSR count). The predicted octanol–water partition coefficient (Wildman–Crippen LogP) is 2.81. The topological polar surface area (TPSA) is 100 Å². The Bertz CT molecular complexity index is 883. The second kappa shape index (κ2) is 8.69. The second-order valence-electron chi connectivity index (χ2n) is 5.73. The van der Waals surface area contributed by atoms with Crippen molar-refractivity contribution in [3.05, 3.63) is 48.5 Å². The molecule has 0 radical (unpaired) electrons. The Morgan fingerprint density at radius 3 is 2.88 bits per heavy atom. The van der Waals surface area contributed by atoms with E-state index in [2.05, 4.69) is 20.1 Å². The van der Waals surface area contributed by atoms with E-state index in [4.69, 9.17) is 15.1 Å². The zero-order chi connectivity index (χ0) is 18.4. The molecule has 0 spiro atoms. The molecule has 1 unspecified atom stereocenters. The number of nitrogens with zero attached hydrogens (tertiary/aromatic N) is 5. The number of nitrogen functional groups attached to an aromatic ring is 1. The van der Waals surface area contributed by atoms with E-state index < -0.39 is 0 Å². The summed E-state index contributed by atoms with van der Waals surface area (Å²) in [5, 5.41) is 4.12. The average molecular weight is 372 g/mol. The fraction of sp³-hybridized carbons (Fsp3) is 0.294. The Balaban J connectivity index is 1.44. The smallest absolute Gasteiger partial charge is 0.165 e. The van der Waals surface area contributed by atoms with Gasteiger partial charge < -0.3 is 19.7 Å². The fourth-order valence-electron chi connectivity index (χ4n) is 2.40. The molecule has 0 fully saturated rings. The number of nitrogens with two attached hydrogens (primary N) is 1. The number of rotatable bonds is 8. The van der Waals surface area contributed by atoms with Gasteiger partial charge in [-0.05, 0) is 19.4 Å². The fourth-order valence-corrected chi connectivity index (χ4v) is 3.00. The van der Waals surface area contributed by atoms with Crippen molar-refractivity contribution < 1.29 is 9.36 Å². The lowest BCUT2D eigenvalue weighted by Crippen LogP contribution is -2.16. The number of oxime groups is 1. The van der Waals surface area contributed by atoms with Gasteiger partial charge in [-0.2, -0.15) is 0 Å². The molecule has 0 amide bonds. The normalized spacial score (nSPS) is 13.5. The van der Waals surface area contributed by atoms with E-state index in [0.29, 0.717) is 29.9 Å². The van der Waals surface area contributed by atoms with Crippen molar-refractivity contribution in [3.63, 3.8) is 0 Å². The number of anilines is 1. The Kier molecular flexibility index (Phi) is 6.09. The van der Waals surface area contributed by atoms with Crippen molar-refractivity contribution in [1.29, 1.82) is 0 Å². The summed E-state index contributed by atoms with van der Waals surface area (Å²) in [6.07, 6.45) is 3.57. The minimum atomic E-state index is -0.0288. The maximum Gasteiger partial charge on any atom is 0.165 e. The minimum absolute atomic E-state index is 0.0288. The lowest BCUT2D eigenvalue weighted by atomic mass is 10.1. The van der Waals surface area contributed by atoms with E-state index >= 15 is 0 Å². The summed E-state index contributed by atoms with van der Waals surface area (Å²) in [6.45, 7) is 4.52. The van der Waals surface area contributed by atoms with Crippen LogP contribution in [0.3, 0.4) is 0 Å². The first-order valence-electron chi connectivity index (χ1n) is 8.17. The molecule has 2 aromatic heterocycles. The molecule has 0 bridgehead atoms. The van der Waals surface area contributed by atoms with Crippen LogP contribution in [-0.4, -0.2) is 37.7 Å². The van der Waals surface area contributed by atoms with Gasteiger partial charge in [-0.15, -0.1) is 0 Å². The first-order chi connectivity index (χ1) is 12.6. The number of benzene rings is 1. The number of hydrogen-bond acceptors (Lipinski definition) is 7. The first-order valence-corrected chi connectivity index (χ1v) is 9.28. The van der Waals surface area contributed by atoms with Crippen LogP contribution in [-0.2, 0) is 15.9 Å². The van der Waals surface area contributed by atoms with Gasteiger partial charge in [0, 0.05) is 0 Å². The largest absolute Gasteiger partial charge is 0.382 e. The molecule has 0 aliphatic rings. The minimum Gasteiger partial charge on any atom is -0.382 e. The highest BCUT2D eigenvalue weighted by Crippen LogP contribution is 2.17. The van der Waals surface area contributed by atoms with Gasteiger partial charge in [0.1, 0.15) is 27.0 Å². The zero-order valence-electron chi connectivity index (χ0n) is 14.7. The third kappa shape index (κ3) is 4.53. The Hall–Kier alpha value is -2.57. The summed E-state index contributed by atoms with van der Waals surface area (Å²) in [5.74, 6) is 0.379. The zero-order valence-corrected chi connectivity index (χ0v) is 15.7. The highest BCUT2D eigenvalue weighted by atomic mass is 31.1. The van der Waals surface area contributed by atoms with Crippen LogP contribution in [0.2, 0.25) is 0 Å². The van der Waals surface area contributed by atoms with Crippen molar-refractivity contribution in [2.24, 2.45) is 5.16 Å². The first kappa shape index (κ1) is 18.2. The molecule has 9 heteroatoms. The molecule has 8 nitrogen and oxygen atoms in total. The molecule has 0 aliphatic carbocycles. The molecule has 26 heavy (non-hydrogen) atoms. The van der Waals surface area contributed by atoms with Crippen molar-refractivity contribution in [2.45, 2.75) is 26.5 Å². The van der Waals surface area contributed by atoms with E-state index in [-0.39, 0.29) is 14.9 Å². The molecular weight excluding hydrogens is 351 g/mol.